The van der Waals surface area contributed by atoms with Crippen molar-refractivity contribution < 1.29 is 23.9 Å². The Morgan fingerprint density at radius 3 is 2.24 bits per heavy atom. The van der Waals surface area contributed by atoms with Crippen molar-refractivity contribution in [2.45, 2.75) is 6.61 Å². The van der Waals surface area contributed by atoms with Gasteiger partial charge in [-0.15, -0.1) is 0 Å². The summed E-state index contributed by atoms with van der Waals surface area (Å²) in [6.45, 7) is 0.142. The molecule has 1 aliphatic heterocycles. The van der Waals surface area contributed by atoms with Crippen molar-refractivity contribution in [2.24, 2.45) is 7.05 Å². The van der Waals surface area contributed by atoms with Crippen molar-refractivity contribution in [3.05, 3.63) is 96.7 Å². The third-order valence-corrected chi connectivity index (χ3v) is 7.51. The number of benzene rings is 5. The number of aliphatic hydroxyl groups excluding tert-OH is 1. The van der Waals surface area contributed by atoms with Crippen molar-refractivity contribution in [3.63, 3.8) is 0 Å². The average molecular weight is 501 g/mol. The van der Waals surface area contributed by atoms with Gasteiger partial charge in [-0.2, -0.15) is 4.57 Å². The first-order valence-electron chi connectivity index (χ1n) is 12.6. The van der Waals surface area contributed by atoms with E-state index in [1.165, 1.54) is 11.1 Å². The van der Waals surface area contributed by atoms with Gasteiger partial charge >= 0.3 is 0 Å². The lowest BCUT2D eigenvalue weighted by Gasteiger charge is -2.15. The van der Waals surface area contributed by atoms with Crippen LogP contribution in [0.1, 0.15) is 5.56 Å². The highest BCUT2D eigenvalue weighted by atomic mass is 16.7. The van der Waals surface area contributed by atoms with E-state index in [2.05, 4.69) is 90.6 Å². The molecule has 0 aliphatic carbocycles. The summed E-state index contributed by atoms with van der Waals surface area (Å²) in [6.07, 6.45) is 2.09. The Labute approximate surface area is 220 Å². The molecular weight excluding hydrogens is 474 g/mol. The summed E-state index contributed by atoms with van der Waals surface area (Å²) in [7, 11) is 3.71. The number of aryl methyl sites for hydroxylation is 1. The van der Waals surface area contributed by atoms with Crippen molar-refractivity contribution in [2.75, 3.05) is 13.9 Å². The molecule has 0 unspecified atom stereocenters. The summed E-state index contributed by atoms with van der Waals surface area (Å²) in [6, 6.07) is 29.6. The third kappa shape index (κ3) is 3.40. The van der Waals surface area contributed by atoms with E-state index < -0.39 is 0 Å². The number of nitrogens with zero attached hydrogens (tertiary/aromatic N) is 1. The predicted molar refractivity (Wildman–Crippen MR) is 150 cm³/mol. The second kappa shape index (κ2) is 8.75. The average Bonchev–Trinajstić information content (AvgIpc) is 3.42. The second-order valence-corrected chi connectivity index (χ2v) is 9.64. The lowest BCUT2D eigenvalue weighted by Crippen LogP contribution is -2.29. The number of aliphatic hydroxyl groups is 1. The fourth-order valence-corrected chi connectivity index (χ4v) is 5.73. The maximum Gasteiger partial charge on any atom is 0.231 e. The van der Waals surface area contributed by atoms with Crippen LogP contribution in [0, 0.1) is 0 Å². The molecule has 0 spiro atoms. The molecule has 1 N–H and O–H groups in total. The van der Waals surface area contributed by atoms with E-state index >= 15 is 0 Å². The molecule has 5 aromatic carbocycles. The van der Waals surface area contributed by atoms with E-state index in [1.54, 1.807) is 7.11 Å². The molecule has 186 valence electrons. The Balaban J connectivity index is 1.58. The molecule has 0 saturated carbocycles. The molecule has 0 bridgehead atoms. The summed E-state index contributed by atoms with van der Waals surface area (Å²) in [5.74, 6) is 2.21. The standard InChI is InChI=1S/C33H26NO4/c1-34-17-28-25(13-12-23(18-35)33(28)36-2)31-26(22-10-8-21(9-11-22)20-6-4-3-5-7-20)14-24-15-29-30(38-19-37-29)16-27(24)32(31)34/h3-17,35H,18-19H2,1-2H3/q+1. The molecule has 0 atom stereocenters. The van der Waals surface area contributed by atoms with E-state index in [0.717, 1.165) is 60.6 Å². The number of aromatic nitrogens is 1. The fourth-order valence-electron chi connectivity index (χ4n) is 5.73. The molecule has 1 aromatic heterocycles. The minimum atomic E-state index is -0.0874. The number of methoxy groups -OCH3 is 1. The van der Waals surface area contributed by atoms with Gasteiger partial charge in [0.15, 0.2) is 17.7 Å². The van der Waals surface area contributed by atoms with E-state index in [9.17, 15) is 5.11 Å². The second-order valence-electron chi connectivity index (χ2n) is 9.64. The first kappa shape index (κ1) is 22.6. The zero-order valence-electron chi connectivity index (χ0n) is 21.2. The van der Waals surface area contributed by atoms with Crippen LogP contribution in [-0.4, -0.2) is 19.0 Å². The first-order valence-corrected chi connectivity index (χ1v) is 12.6. The summed E-state index contributed by atoms with van der Waals surface area (Å²) >= 11 is 0. The maximum absolute atomic E-state index is 9.96. The lowest BCUT2D eigenvalue weighted by molar-refractivity contribution is -0.642. The van der Waals surface area contributed by atoms with Gasteiger partial charge in [0.25, 0.3) is 0 Å². The highest BCUT2D eigenvalue weighted by Gasteiger charge is 2.24. The highest BCUT2D eigenvalue weighted by molar-refractivity contribution is 6.21. The number of ether oxygens (including phenoxy) is 3. The van der Waals surface area contributed by atoms with Crippen LogP contribution in [0.25, 0.3) is 54.7 Å². The quantitative estimate of drug-likeness (QED) is 0.221. The van der Waals surface area contributed by atoms with Gasteiger partial charge in [0.05, 0.1) is 29.9 Å². The molecule has 0 amide bonds. The van der Waals surface area contributed by atoms with Gasteiger partial charge in [-0.25, -0.2) is 0 Å². The zero-order valence-corrected chi connectivity index (χ0v) is 21.2. The number of fused-ring (bicyclic) bond motifs is 6. The molecule has 1 aliphatic rings. The van der Waals surface area contributed by atoms with Gasteiger partial charge in [0, 0.05) is 10.9 Å². The van der Waals surface area contributed by atoms with E-state index in [1.807, 2.05) is 12.1 Å². The Bertz CT molecular complexity index is 1860. The Morgan fingerprint density at radius 2 is 1.50 bits per heavy atom. The van der Waals surface area contributed by atoms with Crippen LogP contribution < -0.4 is 18.8 Å². The van der Waals surface area contributed by atoms with Crippen molar-refractivity contribution in [1.82, 2.24) is 0 Å². The monoisotopic (exact) mass is 500 g/mol. The van der Waals surface area contributed by atoms with Gasteiger partial charge in [-0.3, -0.25) is 0 Å². The molecule has 6 aromatic rings. The largest absolute Gasteiger partial charge is 0.495 e. The molecular formula is C33H26NO4+. The molecule has 0 radical (unpaired) electrons. The summed E-state index contributed by atoms with van der Waals surface area (Å²) in [4.78, 5) is 0. The van der Waals surface area contributed by atoms with Crippen LogP contribution in [0.3, 0.4) is 0 Å². The predicted octanol–water partition coefficient (Wildman–Crippen LogP) is 6.53. The van der Waals surface area contributed by atoms with Crippen LogP contribution in [0.5, 0.6) is 17.2 Å². The number of rotatable bonds is 4. The molecule has 0 saturated heterocycles. The lowest BCUT2D eigenvalue weighted by atomic mass is 9.91. The minimum Gasteiger partial charge on any atom is -0.495 e. The molecule has 7 rings (SSSR count). The van der Waals surface area contributed by atoms with Crippen molar-refractivity contribution in [3.8, 4) is 39.5 Å². The van der Waals surface area contributed by atoms with E-state index in [-0.39, 0.29) is 13.4 Å². The van der Waals surface area contributed by atoms with E-state index in [0.29, 0.717) is 5.75 Å². The fraction of sp³-hybridized carbons (Fsp3) is 0.121. The SMILES string of the molecule is COc1c(CO)ccc2c1c[n+](C)c1c3cc4c(cc3cc(-c3ccc(-c5ccccc5)cc3)c21)OCO4. The Hall–Kier alpha value is -4.61. The summed E-state index contributed by atoms with van der Waals surface area (Å²) in [5, 5.41) is 15.3. The van der Waals surface area contributed by atoms with Gasteiger partial charge in [0.1, 0.15) is 12.8 Å². The molecule has 38 heavy (non-hydrogen) atoms. The number of hydrogen-bond donors (Lipinski definition) is 1. The number of hydrogen-bond acceptors (Lipinski definition) is 4. The van der Waals surface area contributed by atoms with Gasteiger partial charge in [-0.05, 0) is 45.8 Å². The molecule has 2 heterocycles. The third-order valence-electron chi connectivity index (χ3n) is 7.51. The summed E-state index contributed by atoms with van der Waals surface area (Å²) in [5.41, 5.74) is 6.45. The van der Waals surface area contributed by atoms with Crippen LogP contribution >= 0.6 is 0 Å². The Morgan fingerprint density at radius 1 is 0.789 bits per heavy atom. The highest BCUT2D eigenvalue weighted by Crippen LogP contribution is 2.44. The maximum atomic E-state index is 9.96. The topological polar surface area (TPSA) is 51.8 Å². The van der Waals surface area contributed by atoms with Crippen LogP contribution in [0.15, 0.2) is 91.1 Å². The van der Waals surface area contributed by atoms with Crippen LogP contribution in [0.2, 0.25) is 0 Å². The summed E-state index contributed by atoms with van der Waals surface area (Å²) < 4.78 is 19.4. The van der Waals surface area contributed by atoms with Gasteiger partial charge in [-0.1, -0.05) is 66.7 Å². The number of pyridine rings is 1. The van der Waals surface area contributed by atoms with Gasteiger partial charge in [0.2, 0.25) is 12.3 Å². The zero-order chi connectivity index (χ0) is 25.8. The Kier molecular flexibility index (Phi) is 5.20. The smallest absolute Gasteiger partial charge is 0.231 e. The molecule has 5 nitrogen and oxygen atoms in total. The molecule has 0 fully saturated rings. The van der Waals surface area contributed by atoms with Gasteiger partial charge < -0.3 is 19.3 Å². The van der Waals surface area contributed by atoms with Crippen LogP contribution in [0.4, 0.5) is 0 Å². The first-order chi connectivity index (χ1) is 18.7. The van der Waals surface area contributed by atoms with Crippen LogP contribution in [-0.2, 0) is 13.7 Å². The molecule has 5 heteroatoms. The minimum absolute atomic E-state index is 0.0874. The van der Waals surface area contributed by atoms with Crippen molar-refractivity contribution >= 4 is 32.4 Å². The van der Waals surface area contributed by atoms with E-state index in [4.69, 9.17) is 14.2 Å². The van der Waals surface area contributed by atoms with Crippen molar-refractivity contribution in [1.29, 1.82) is 0 Å². The normalized spacial score (nSPS) is 12.5.